The van der Waals surface area contributed by atoms with Gasteiger partial charge in [-0.3, -0.25) is 15.0 Å². The third-order valence-electron chi connectivity index (χ3n) is 5.13. The van der Waals surface area contributed by atoms with Gasteiger partial charge < -0.3 is 10.6 Å². The minimum atomic E-state index is -1.20. The first-order valence-electron chi connectivity index (χ1n) is 10.2. The van der Waals surface area contributed by atoms with Crippen LogP contribution >= 0.6 is 23.1 Å². The van der Waals surface area contributed by atoms with Gasteiger partial charge in [0.05, 0.1) is 5.75 Å². The average molecular weight is 483 g/mol. The summed E-state index contributed by atoms with van der Waals surface area (Å²) in [6, 6.07) is 16.2. The molecule has 4 amide bonds. The number of nitrogens with zero attached hydrogens (tertiary/aromatic N) is 3. The Labute approximate surface area is 198 Å². The number of anilines is 2. The summed E-state index contributed by atoms with van der Waals surface area (Å²) in [5.74, 6) is -1.03. The van der Waals surface area contributed by atoms with Gasteiger partial charge in [-0.25, -0.2) is 4.79 Å². The summed E-state index contributed by atoms with van der Waals surface area (Å²) < 4.78 is 0.588. The molecule has 9 nitrogen and oxygen atoms in total. The van der Waals surface area contributed by atoms with Crippen molar-refractivity contribution < 1.29 is 14.4 Å². The van der Waals surface area contributed by atoms with Crippen molar-refractivity contribution >= 4 is 51.8 Å². The van der Waals surface area contributed by atoms with Gasteiger partial charge in [0.25, 0.3) is 5.91 Å². The van der Waals surface area contributed by atoms with Gasteiger partial charge in [-0.05, 0) is 36.6 Å². The van der Waals surface area contributed by atoms with Gasteiger partial charge in [-0.1, -0.05) is 72.5 Å². The Kier molecular flexibility index (Phi) is 6.61. The van der Waals surface area contributed by atoms with Crippen LogP contribution in [-0.4, -0.2) is 38.8 Å². The molecule has 3 aromatic rings. The van der Waals surface area contributed by atoms with Gasteiger partial charge in [0.1, 0.15) is 5.54 Å². The van der Waals surface area contributed by atoms with E-state index in [1.807, 2.05) is 44.2 Å². The third kappa shape index (κ3) is 4.83. The maximum absolute atomic E-state index is 13.1. The van der Waals surface area contributed by atoms with Crippen molar-refractivity contribution in [2.75, 3.05) is 11.1 Å². The number of aromatic nitrogens is 2. The van der Waals surface area contributed by atoms with Crippen LogP contribution in [0.4, 0.5) is 15.6 Å². The third-order valence-corrected chi connectivity index (χ3v) is 7.10. The van der Waals surface area contributed by atoms with Gasteiger partial charge in [-0.2, -0.15) is 5.01 Å². The Morgan fingerprint density at radius 3 is 2.67 bits per heavy atom. The van der Waals surface area contributed by atoms with Crippen molar-refractivity contribution in [1.82, 2.24) is 25.9 Å². The number of rotatable bonds is 8. The van der Waals surface area contributed by atoms with Crippen LogP contribution in [0.3, 0.4) is 0 Å². The minimum absolute atomic E-state index is 0.0272. The SMILES string of the molecule is CCC1(c2ccccc2)NC(=O)N(NC(=O)CSc2nnc(Nc3cccc(C)c3)s2)C1=O. The van der Waals surface area contributed by atoms with Gasteiger partial charge in [0.2, 0.25) is 11.0 Å². The summed E-state index contributed by atoms with van der Waals surface area (Å²) in [5, 5.41) is 15.4. The van der Waals surface area contributed by atoms with Crippen molar-refractivity contribution in [1.29, 1.82) is 0 Å². The molecule has 3 N–H and O–H groups in total. The zero-order valence-corrected chi connectivity index (χ0v) is 19.6. The molecule has 0 saturated carbocycles. The van der Waals surface area contributed by atoms with Gasteiger partial charge in [0, 0.05) is 5.69 Å². The van der Waals surface area contributed by atoms with Crippen molar-refractivity contribution in [3.8, 4) is 0 Å². The topological polar surface area (TPSA) is 116 Å². The van der Waals surface area contributed by atoms with E-state index in [9.17, 15) is 14.4 Å². The second-order valence-corrected chi connectivity index (χ2v) is 9.59. The van der Waals surface area contributed by atoms with E-state index in [1.54, 1.807) is 24.3 Å². The van der Waals surface area contributed by atoms with Crippen LogP contribution in [0.5, 0.6) is 0 Å². The smallest absolute Gasteiger partial charge is 0.330 e. The van der Waals surface area contributed by atoms with Crippen molar-refractivity contribution in [3.63, 3.8) is 0 Å². The zero-order valence-electron chi connectivity index (χ0n) is 18.0. The second kappa shape index (κ2) is 9.59. The molecule has 1 aliphatic heterocycles. The van der Waals surface area contributed by atoms with Gasteiger partial charge >= 0.3 is 6.03 Å². The second-order valence-electron chi connectivity index (χ2n) is 7.39. The van der Waals surface area contributed by atoms with Gasteiger partial charge in [-0.15, -0.1) is 10.2 Å². The van der Waals surface area contributed by atoms with Crippen molar-refractivity contribution in [3.05, 3.63) is 65.7 Å². The Morgan fingerprint density at radius 1 is 1.15 bits per heavy atom. The lowest BCUT2D eigenvalue weighted by molar-refractivity contribution is -0.138. The fourth-order valence-electron chi connectivity index (χ4n) is 3.49. The highest BCUT2D eigenvalue weighted by atomic mass is 32.2. The highest BCUT2D eigenvalue weighted by Crippen LogP contribution is 2.32. The first-order valence-corrected chi connectivity index (χ1v) is 12.0. The summed E-state index contributed by atoms with van der Waals surface area (Å²) in [5.41, 5.74) is 3.90. The van der Waals surface area contributed by atoms with Gasteiger partial charge in [0.15, 0.2) is 4.34 Å². The Balaban J connectivity index is 1.35. The van der Waals surface area contributed by atoms with E-state index in [0.717, 1.165) is 16.3 Å². The Bertz CT molecular complexity index is 1190. The van der Waals surface area contributed by atoms with Crippen LogP contribution in [0.2, 0.25) is 0 Å². The zero-order chi connectivity index (χ0) is 23.4. The van der Waals surface area contributed by atoms with Crippen molar-refractivity contribution in [2.24, 2.45) is 0 Å². The molecule has 1 aromatic heterocycles. The molecule has 0 radical (unpaired) electrons. The summed E-state index contributed by atoms with van der Waals surface area (Å²) in [7, 11) is 0. The quantitative estimate of drug-likeness (QED) is 0.332. The molecule has 2 aromatic carbocycles. The molecule has 1 atom stereocenters. The average Bonchev–Trinajstić information content (AvgIpc) is 3.36. The minimum Gasteiger partial charge on any atom is -0.330 e. The molecule has 170 valence electrons. The number of hydrazine groups is 1. The van der Waals surface area contributed by atoms with E-state index in [0.29, 0.717) is 21.5 Å². The maximum atomic E-state index is 13.1. The molecule has 0 aliphatic carbocycles. The van der Waals surface area contributed by atoms with Crippen LogP contribution < -0.4 is 16.1 Å². The number of carbonyl (C=O) groups excluding carboxylic acids is 3. The number of thioether (sulfide) groups is 1. The van der Waals surface area contributed by atoms with Crippen LogP contribution in [0, 0.1) is 6.92 Å². The summed E-state index contributed by atoms with van der Waals surface area (Å²) >= 11 is 2.48. The molecule has 1 aliphatic rings. The van der Waals surface area contributed by atoms with E-state index in [4.69, 9.17) is 0 Å². The summed E-state index contributed by atoms with van der Waals surface area (Å²) in [6.07, 6.45) is 0.351. The highest BCUT2D eigenvalue weighted by molar-refractivity contribution is 8.01. The van der Waals surface area contributed by atoms with E-state index < -0.39 is 23.4 Å². The largest absolute Gasteiger partial charge is 0.344 e. The monoisotopic (exact) mass is 482 g/mol. The number of carbonyl (C=O) groups is 3. The van der Waals surface area contributed by atoms with Crippen molar-refractivity contribution in [2.45, 2.75) is 30.1 Å². The first kappa shape index (κ1) is 22.7. The molecule has 4 rings (SSSR count). The predicted octanol–water partition coefficient (Wildman–Crippen LogP) is 3.57. The number of aryl methyl sites for hydroxylation is 1. The Morgan fingerprint density at radius 2 is 1.94 bits per heavy atom. The molecule has 1 saturated heterocycles. The number of hydrogen-bond donors (Lipinski definition) is 3. The molecule has 2 heterocycles. The van der Waals surface area contributed by atoms with Crippen LogP contribution in [0.1, 0.15) is 24.5 Å². The van der Waals surface area contributed by atoms with E-state index in [2.05, 4.69) is 26.3 Å². The normalized spacial score (nSPS) is 17.7. The number of nitrogens with one attached hydrogen (secondary N) is 3. The maximum Gasteiger partial charge on any atom is 0.344 e. The molecule has 33 heavy (non-hydrogen) atoms. The summed E-state index contributed by atoms with van der Waals surface area (Å²) in [4.78, 5) is 38.0. The predicted molar refractivity (Wildman–Crippen MR) is 127 cm³/mol. The molecule has 0 spiro atoms. The molecule has 1 fully saturated rings. The molecular formula is C22H22N6O3S2. The lowest BCUT2D eigenvalue weighted by Gasteiger charge is -2.25. The molecule has 11 heteroatoms. The number of urea groups is 1. The standard InChI is InChI=1S/C22H22N6O3S2/c1-3-22(15-9-5-4-6-10-15)18(30)28(20(31)24-22)27-17(29)13-32-21-26-25-19(33-21)23-16-11-7-8-14(2)12-16/h4-12H,3,13H2,1-2H3,(H,23,25)(H,24,31)(H,27,29). The number of amides is 4. The fourth-order valence-corrected chi connectivity index (χ4v) is 5.05. The number of benzene rings is 2. The van der Waals surface area contributed by atoms with E-state index >= 15 is 0 Å². The van der Waals surface area contributed by atoms with Crippen LogP contribution in [0.15, 0.2) is 58.9 Å². The number of hydrogen-bond acceptors (Lipinski definition) is 8. The van der Waals surface area contributed by atoms with Crippen LogP contribution in [-0.2, 0) is 15.1 Å². The summed E-state index contributed by atoms with van der Waals surface area (Å²) in [6.45, 7) is 3.81. The van der Waals surface area contributed by atoms with E-state index in [-0.39, 0.29) is 5.75 Å². The highest BCUT2D eigenvalue weighted by Gasteiger charge is 2.52. The Hall–Kier alpha value is -3.44. The first-order chi connectivity index (χ1) is 15.9. The lowest BCUT2D eigenvalue weighted by Crippen LogP contribution is -2.49. The molecule has 1 unspecified atom stereocenters. The molecular weight excluding hydrogens is 460 g/mol. The van der Waals surface area contributed by atoms with E-state index in [1.165, 1.54) is 23.1 Å². The fraction of sp³-hybridized carbons (Fsp3) is 0.227. The lowest BCUT2D eigenvalue weighted by atomic mass is 9.87. The van der Waals surface area contributed by atoms with Crippen LogP contribution in [0.25, 0.3) is 0 Å². The molecule has 0 bridgehead atoms. The number of imide groups is 1.